The van der Waals surface area contributed by atoms with E-state index in [1.165, 1.54) is 0 Å². The number of hydrogen-bond acceptors (Lipinski definition) is 4. The molecular formula is C28H28N4O3. The number of nitrogens with zero attached hydrogens (tertiary/aromatic N) is 4. The number of fused-ring (bicyclic) bond motifs is 1. The van der Waals surface area contributed by atoms with Gasteiger partial charge in [0.25, 0.3) is 0 Å². The molecule has 2 heterocycles. The molecule has 1 saturated heterocycles. The highest BCUT2D eigenvalue weighted by molar-refractivity contribution is 5.97. The van der Waals surface area contributed by atoms with Crippen LogP contribution in [0.15, 0.2) is 78.9 Å². The SMILES string of the molecule is CCN(C(=O)Cn1c([C@@H]2CC(=O)N(c3ccc(OC)cc3)C2)nc2ccccc21)c1ccccc1. The number of anilines is 2. The lowest BCUT2D eigenvalue weighted by Gasteiger charge is -2.23. The Labute approximate surface area is 204 Å². The summed E-state index contributed by atoms with van der Waals surface area (Å²) in [6, 6.07) is 25.0. The van der Waals surface area contributed by atoms with Gasteiger partial charge in [0.05, 0.1) is 18.1 Å². The maximum Gasteiger partial charge on any atom is 0.246 e. The Hall–Kier alpha value is -4.13. The third-order valence-corrected chi connectivity index (χ3v) is 6.54. The molecule has 0 N–H and O–H groups in total. The second-order valence-electron chi connectivity index (χ2n) is 8.62. The van der Waals surface area contributed by atoms with Gasteiger partial charge in [0.15, 0.2) is 0 Å². The number of amides is 2. The molecule has 1 aromatic heterocycles. The van der Waals surface area contributed by atoms with Crippen molar-refractivity contribution in [2.45, 2.75) is 25.8 Å². The van der Waals surface area contributed by atoms with Crippen LogP contribution in [0.5, 0.6) is 5.75 Å². The molecule has 1 aliphatic rings. The fraction of sp³-hybridized carbons (Fsp3) is 0.250. The molecule has 1 aliphatic heterocycles. The lowest BCUT2D eigenvalue weighted by atomic mass is 10.1. The van der Waals surface area contributed by atoms with Gasteiger partial charge >= 0.3 is 0 Å². The first-order valence-corrected chi connectivity index (χ1v) is 11.8. The molecule has 0 unspecified atom stereocenters. The van der Waals surface area contributed by atoms with Crippen molar-refractivity contribution >= 4 is 34.2 Å². The minimum atomic E-state index is -0.114. The topological polar surface area (TPSA) is 67.7 Å². The first-order chi connectivity index (χ1) is 17.1. The monoisotopic (exact) mass is 468 g/mol. The van der Waals surface area contributed by atoms with E-state index in [-0.39, 0.29) is 24.3 Å². The lowest BCUT2D eigenvalue weighted by molar-refractivity contribution is -0.119. The smallest absolute Gasteiger partial charge is 0.246 e. The molecule has 7 heteroatoms. The molecule has 0 radical (unpaired) electrons. The number of methoxy groups -OCH3 is 1. The summed E-state index contributed by atoms with van der Waals surface area (Å²) in [7, 11) is 1.62. The molecule has 1 atom stereocenters. The second-order valence-corrected chi connectivity index (χ2v) is 8.62. The highest BCUT2D eigenvalue weighted by Crippen LogP contribution is 2.34. The summed E-state index contributed by atoms with van der Waals surface area (Å²) < 4.78 is 7.23. The summed E-state index contributed by atoms with van der Waals surface area (Å²) in [5, 5.41) is 0. The predicted octanol–water partition coefficient (Wildman–Crippen LogP) is 4.62. The van der Waals surface area contributed by atoms with Gasteiger partial charge in [-0.3, -0.25) is 9.59 Å². The number of aromatic nitrogens is 2. The van der Waals surface area contributed by atoms with Crippen LogP contribution in [0.1, 0.15) is 25.1 Å². The summed E-state index contributed by atoms with van der Waals surface area (Å²) in [5.74, 6) is 1.43. The van der Waals surface area contributed by atoms with Crippen LogP contribution in [0.25, 0.3) is 11.0 Å². The standard InChI is InChI=1S/C28H28N4O3/c1-3-30(21-9-5-4-6-10-21)27(34)19-32-25-12-8-7-11-24(25)29-28(32)20-17-26(33)31(18-20)22-13-15-23(35-2)16-14-22/h4-16,20H,3,17-19H2,1-2H3/t20-/m1/s1. The quantitative estimate of drug-likeness (QED) is 0.397. The first kappa shape index (κ1) is 22.7. The summed E-state index contributed by atoms with van der Waals surface area (Å²) in [4.78, 5) is 34.9. The number of rotatable bonds is 7. The Morgan fingerprint density at radius 2 is 1.74 bits per heavy atom. The fourth-order valence-corrected chi connectivity index (χ4v) is 4.80. The first-order valence-electron chi connectivity index (χ1n) is 11.8. The molecular weight excluding hydrogens is 440 g/mol. The number of likely N-dealkylation sites (N-methyl/N-ethyl adjacent to an activating group) is 1. The number of hydrogen-bond donors (Lipinski definition) is 0. The molecule has 178 valence electrons. The Morgan fingerprint density at radius 3 is 2.46 bits per heavy atom. The van der Waals surface area contributed by atoms with Gasteiger partial charge in [0.2, 0.25) is 11.8 Å². The number of carbonyl (C=O) groups is 2. The summed E-state index contributed by atoms with van der Waals surface area (Å²) in [6.45, 7) is 3.21. The van der Waals surface area contributed by atoms with Gasteiger partial charge in [-0.05, 0) is 55.5 Å². The van der Waals surface area contributed by atoms with Crippen LogP contribution >= 0.6 is 0 Å². The summed E-state index contributed by atoms with van der Waals surface area (Å²) in [6.07, 6.45) is 0.347. The fourth-order valence-electron chi connectivity index (χ4n) is 4.80. The van der Waals surface area contributed by atoms with E-state index in [2.05, 4.69) is 0 Å². The number of benzene rings is 3. The molecule has 0 aliphatic carbocycles. The normalized spacial score (nSPS) is 15.5. The van der Waals surface area contributed by atoms with Crippen LogP contribution in [-0.4, -0.2) is 41.6 Å². The maximum absolute atomic E-state index is 13.5. The molecule has 0 saturated carbocycles. The molecule has 4 aromatic rings. The second kappa shape index (κ2) is 9.62. The van der Waals surface area contributed by atoms with Crippen molar-refractivity contribution in [2.75, 3.05) is 30.0 Å². The minimum Gasteiger partial charge on any atom is -0.497 e. The zero-order valence-corrected chi connectivity index (χ0v) is 19.9. The van der Waals surface area contributed by atoms with E-state index in [9.17, 15) is 9.59 Å². The van der Waals surface area contributed by atoms with Crippen LogP contribution in [0.2, 0.25) is 0 Å². The van der Waals surface area contributed by atoms with Crippen molar-refractivity contribution in [3.8, 4) is 5.75 Å². The van der Waals surface area contributed by atoms with Gasteiger partial charge in [0.1, 0.15) is 18.1 Å². The van der Waals surface area contributed by atoms with Crippen molar-refractivity contribution in [1.82, 2.24) is 9.55 Å². The zero-order valence-electron chi connectivity index (χ0n) is 19.9. The highest BCUT2D eigenvalue weighted by atomic mass is 16.5. The van der Waals surface area contributed by atoms with E-state index in [0.29, 0.717) is 19.5 Å². The molecule has 5 rings (SSSR count). The third kappa shape index (κ3) is 4.37. The van der Waals surface area contributed by atoms with Crippen LogP contribution in [0.3, 0.4) is 0 Å². The van der Waals surface area contributed by atoms with E-state index in [4.69, 9.17) is 9.72 Å². The lowest BCUT2D eigenvalue weighted by Crippen LogP contribution is -2.34. The molecule has 0 spiro atoms. The van der Waals surface area contributed by atoms with Crippen molar-refractivity contribution in [3.05, 3.63) is 84.7 Å². The van der Waals surface area contributed by atoms with Gasteiger partial charge in [-0.25, -0.2) is 4.98 Å². The number of para-hydroxylation sites is 3. The van der Waals surface area contributed by atoms with E-state index in [1.807, 2.05) is 90.4 Å². The number of ether oxygens (including phenoxy) is 1. The van der Waals surface area contributed by atoms with Crippen molar-refractivity contribution in [3.63, 3.8) is 0 Å². The van der Waals surface area contributed by atoms with Crippen LogP contribution < -0.4 is 14.5 Å². The Balaban J connectivity index is 1.46. The minimum absolute atomic E-state index is 0.0144. The summed E-state index contributed by atoms with van der Waals surface area (Å²) in [5.41, 5.74) is 3.43. The van der Waals surface area contributed by atoms with E-state index in [0.717, 1.165) is 34.0 Å². The van der Waals surface area contributed by atoms with E-state index in [1.54, 1.807) is 16.9 Å². The highest BCUT2D eigenvalue weighted by Gasteiger charge is 2.35. The zero-order chi connectivity index (χ0) is 24.4. The predicted molar refractivity (Wildman–Crippen MR) is 137 cm³/mol. The van der Waals surface area contributed by atoms with Gasteiger partial charge in [0, 0.05) is 36.8 Å². The number of imidazole rings is 1. The van der Waals surface area contributed by atoms with Crippen molar-refractivity contribution in [2.24, 2.45) is 0 Å². The molecule has 35 heavy (non-hydrogen) atoms. The molecule has 3 aromatic carbocycles. The molecule has 2 amide bonds. The van der Waals surface area contributed by atoms with Crippen LogP contribution in [0, 0.1) is 0 Å². The average molecular weight is 469 g/mol. The molecule has 1 fully saturated rings. The van der Waals surface area contributed by atoms with Crippen molar-refractivity contribution < 1.29 is 14.3 Å². The average Bonchev–Trinajstić information content (AvgIpc) is 3.45. The Morgan fingerprint density at radius 1 is 1.03 bits per heavy atom. The molecule has 7 nitrogen and oxygen atoms in total. The van der Waals surface area contributed by atoms with E-state index >= 15 is 0 Å². The van der Waals surface area contributed by atoms with Gasteiger partial charge in [-0.1, -0.05) is 30.3 Å². The summed E-state index contributed by atoms with van der Waals surface area (Å²) >= 11 is 0. The van der Waals surface area contributed by atoms with Gasteiger partial charge in [-0.15, -0.1) is 0 Å². The number of carbonyl (C=O) groups excluding carboxylic acids is 2. The molecule has 0 bridgehead atoms. The van der Waals surface area contributed by atoms with Crippen LogP contribution in [-0.2, 0) is 16.1 Å². The van der Waals surface area contributed by atoms with Gasteiger partial charge < -0.3 is 19.1 Å². The third-order valence-electron chi connectivity index (χ3n) is 6.54. The Kier molecular flexibility index (Phi) is 6.23. The largest absolute Gasteiger partial charge is 0.497 e. The van der Waals surface area contributed by atoms with Crippen LogP contribution in [0.4, 0.5) is 11.4 Å². The van der Waals surface area contributed by atoms with Gasteiger partial charge in [-0.2, -0.15) is 0 Å². The van der Waals surface area contributed by atoms with E-state index < -0.39 is 0 Å². The van der Waals surface area contributed by atoms with Crippen molar-refractivity contribution in [1.29, 1.82) is 0 Å². The Bertz CT molecular complexity index is 1350. The maximum atomic E-state index is 13.5.